The van der Waals surface area contributed by atoms with Gasteiger partial charge >= 0.3 is 10.8 Å². The Morgan fingerprint density at radius 1 is 1.00 bits per heavy atom. The molecule has 1 saturated heterocycles. The van der Waals surface area contributed by atoms with E-state index in [0.29, 0.717) is 11.3 Å². The number of H-pyrrole nitrogens is 1. The molecule has 2 aliphatic carbocycles. The number of anilines is 1. The molecule has 2 N–H and O–H groups in total. The number of nitrogens with one attached hydrogen (secondary N) is 2. The van der Waals surface area contributed by atoms with Gasteiger partial charge in [0.2, 0.25) is 17.7 Å². The van der Waals surface area contributed by atoms with Gasteiger partial charge in [0.15, 0.2) is 0 Å². The summed E-state index contributed by atoms with van der Waals surface area (Å²) in [5.74, 6) is -1.80. The molecule has 2 saturated carbocycles. The van der Waals surface area contributed by atoms with E-state index >= 15 is 0 Å². The summed E-state index contributed by atoms with van der Waals surface area (Å²) in [6.45, 7) is 1.62. The minimum absolute atomic E-state index is 0.0257. The lowest BCUT2D eigenvalue weighted by atomic mass is 9.68. The van der Waals surface area contributed by atoms with Gasteiger partial charge in [0.1, 0.15) is 12.3 Å². The molecule has 7 rings (SSSR count). The molecule has 0 spiro atoms. The molecule has 2 aliphatic heterocycles. The smallest absolute Gasteiger partial charge is 0.338 e. The van der Waals surface area contributed by atoms with Gasteiger partial charge in [0.25, 0.3) is 0 Å². The molecule has 2 bridgehead atoms. The van der Waals surface area contributed by atoms with Gasteiger partial charge in [-0.2, -0.15) is 0 Å². The lowest BCUT2D eigenvalue weighted by molar-refractivity contribution is -0.143. The second kappa shape index (κ2) is 10.7. The maximum atomic E-state index is 13.8. The van der Waals surface area contributed by atoms with Gasteiger partial charge in [0.05, 0.1) is 36.1 Å². The average Bonchev–Trinajstić information content (AvgIpc) is 3.74. The Labute approximate surface area is 255 Å². The Kier molecular flexibility index (Phi) is 6.93. The summed E-state index contributed by atoms with van der Waals surface area (Å²) in [5.41, 5.74) is 1.86. The second-order valence-electron chi connectivity index (χ2n) is 11.3. The number of hydrogen-bond acceptors (Lipinski definition) is 9. The fraction of sp³-hybridized carbons (Fsp3) is 0.387. The highest BCUT2D eigenvalue weighted by molar-refractivity contribution is 8.00. The lowest BCUT2D eigenvalue weighted by Crippen LogP contribution is -2.42. The van der Waals surface area contributed by atoms with E-state index in [1.54, 1.807) is 50.1 Å². The SMILES string of the molecule is CCOC(=O)c1ccc(NC(=O)CN2C(=O)C3C4CC(C3C2=O)C2C4Sc3[nH]c(=O)sc3[C@@H]2c2ccc(OC)cc2)cc1. The molecule has 3 heterocycles. The predicted octanol–water partition coefficient (Wildman–Crippen LogP) is 3.73. The van der Waals surface area contributed by atoms with E-state index in [-0.39, 0.29) is 58.8 Å². The van der Waals surface area contributed by atoms with Crippen molar-refractivity contribution in [2.75, 3.05) is 25.6 Å². The molecule has 10 nitrogen and oxygen atoms in total. The minimum atomic E-state index is -0.486. The van der Waals surface area contributed by atoms with Crippen molar-refractivity contribution in [3.63, 3.8) is 0 Å². The highest BCUT2D eigenvalue weighted by atomic mass is 32.2. The summed E-state index contributed by atoms with van der Waals surface area (Å²) in [7, 11) is 1.62. The predicted molar refractivity (Wildman–Crippen MR) is 159 cm³/mol. The van der Waals surface area contributed by atoms with Crippen LogP contribution in [0.4, 0.5) is 5.69 Å². The van der Waals surface area contributed by atoms with Crippen molar-refractivity contribution in [1.29, 1.82) is 0 Å². The molecule has 3 fully saturated rings. The summed E-state index contributed by atoms with van der Waals surface area (Å²) in [6.07, 6.45) is 0.772. The molecule has 12 heteroatoms. The zero-order valence-corrected chi connectivity index (χ0v) is 25.0. The van der Waals surface area contributed by atoms with Gasteiger partial charge in [-0.05, 0) is 73.1 Å². The summed E-state index contributed by atoms with van der Waals surface area (Å²) in [5, 5.41) is 3.65. The number of hydrogen-bond donors (Lipinski definition) is 2. The summed E-state index contributed by atoms with van der Waals surface area (Å²) in [6, 6.07) is 14.1. The lowest BCUT2D eigenvalue weighted by Gasteiger charge is -2.43. The maximum absolute atomic E-state index is 13.8. The summed E-state index contributed by atoms with van der Waals surface area (Å²) >= 11 is 2.85. The fourth-order valence-electron chi connectivity index (χ4n) is 7.67. The Morgan fingerprint density at radius 2 is 1.70 bits per heavy atom. The minimum Gasteiger partial charge on any atom is -0.497 e. The van der Waals surface area contributed by atoms with Crippen molar-refractivity contribution in [2.45, 2.75) is 29.5 Å². The number of carbonyl (C=O) groups excluding carboxylic acids is 4. The van der Waals surface area contributed by atoms with Gasteiger partial charge in [-0.1, -0.05) is 23.5 Å². The number of aromatic amines is 1. The number of benzene rings is 2. The molecule has 2 aromatic carbocycles. The standard InChI is InChI=1S/C31H29N3O7S2/c1-3-41-30(38)15-4-8-16(9-5-15)32-20(35)13-34-28(36)23-18-12-19(24(23)29(34)37)25-22(18)21(14-6-10-17(40-2)11-7-14)26-27(42-25)33-31(39)43-26/h4-11,18-19,21-25H,3,12-13H2,1-2H3,(H,32,35)(H,33,39)/t18?,19?,21-,22?,23?,24?,25?/m1/s1. The monoisotopic (exact) mass is 619 g/mol. The first-order valence-corrected chi connectivity index (χ1v) is 15.9. The second-order valence-corrected chi connectivity index (χ2v) is 13.5. The number of thioether (sulfide) groups is 1. The van der Waals surface area contributed by atoms with E-state index in [0.717, 1.165) is 32.5 Å². The number of rotatable bonds is 7. The number of esters is 1. The largest absolute Gasteiger partial charge is 0.497 e. The number of nitrogens with zero attached hydrogens (tertiary/aromatic N) is 1. The third-order valence-corrected chi connectivity index (χ3v) is 11.9. The van der Waals surface area contributed by atoms with Crippen molar-refractivity contribution < 1.29 is 28.7 Å². The van der Waals surface area contributed by atoms with E-state index in [9.17, 15) is 24.0 Å². The Balaban J connectivity index is 1.12. The highest BCUT2D eigenvalue weighted by Crippen LogP contribution is 2.68. The Morgan fingerprint density at radius 3 is 2.37 bits per heavy atom. The van der Waals surface area contributed by atoms with Gasteiger partial charge in [-0.3, -0.25) is 24.1 Å². The molecule has 4 aliphatic rings. The number of fused-ring (bicyclic) bond motifs is 9. The van der Waals surface area contributed by atoms with E-state index < -0.39 is 23.7 Å². The number of imide groups is 1. The number of ether oxygens (including phenoxy) is 2. The summed E-state index contributed by atoms with van der Waals surface area (Å²) < 4.78 is 10.3. The molecule has 222 valence electrons. The Hall–Kier alpha value is -3.90. The van der Waals surface area contributed by atoms with Crippen molar-refractivity contribution in [1.82, 2.24) is 9.88 Å². The van der Waals surface area contributed by atoms with Crippen LogP contribution in [-0.4, -0.2) is 59.1 Å². The third kappa shape index (κ3) is 4.50. The zero-order chi connectivity index (χ0) is 30.0. The molecular weight excluding hydrogens is 590 g/mol. The fourth-order valence-corrected chi connectivity index (χ4v) is 10.6. The van der Waals surface area contributed by atoms with Crippen LogP contribution in [0.3, 0.4) is 0 Å². The van der Waals surface area contributed by atoms with Crippen LogP contribution in [0.2, 0.25) is 0 Å². The molecule has 3 amide bonds. The van der Waals surface area contributed by atoms with E-state index in [1.807, 2.05) is 24.3 Å². The molecule has 6 unspecified atom stereocenters. The number of amides is 3. The van der Waals surface area contributed by atoms with Gasteiger partial charge in [-0.15, -0.1) is 11.8 Å². The van der Waals surface area contributed by atoms with E-state index in [1.165, 1.54) is 11.3 Å². The van der Waals surface area contributed by atoms with Gasteiger partial charge in [0, 0.05) is 21.7 Å². The highest BCUT2D eigenvalue weighted by Gasteiger charge is 2.69. The van der Waals surface area contributed by atoms with Crippen molar-refractivity contribution >= 4 is 52.5 Å². The van der Waals surface area contributed by atoms with Gasteiger partial charge < -0.3 is 19.8 Å². The first kappa shape index (κ1) is 27.9. The van der Waals surface area contributed by atoms with E-state index in [4.69, 9.17) is 9.47 Å². The number of carbonyl (C=O) groups is 4. The van der Waals surface area contributed by atoms with Crippen molar-refractivity contribution in [3.8, 4) is 5.75 Å². The van der Waals surface area contributed by atoms with Crippen molar-refractivity contribution in [2.24, 2.45) is 29.6 Å². The number of methoxy groups -OCH3 is 1. The van der Waals surface area contributed by atoms with Crippen LogP contribution in [0.25, 0.3) is 0 Å². The molecule has 3 aromatic rings. The summed E-state index contributed by atoms with van der Waals surface area (Å²) in [4.78, 5) is 69.8. The molecular formula is C31H29N3O7S2. The first-order chi connectivity index (χ1) is 20.8. The van der Waals surface area contributed by atoms with Crippen LogP contribution in [0.15, 0.2) is 58.4 Å². The van der Waals surface area contributed by atoms with Crippen LogP contribution in [0.1, 0.15) is 40.1 Å². The van der Waals surface area contributed by atoms with Crippen LogP contribution in [-0.2, 0) is 19.1 Å². The first-order valence-electron chi connectivity index (χ1n) is 14.2. The molecule has 43 heavy (non-hydrogen) atoms. The molecule has 1 aromatic heterocycles. The number of likely N-dealkylation sites (tertiary alicyclic amines) is 1. The van der Waals surface area contributed by atoms with E-state index in [2.05, 4.69) is 10.3 Å². The normalized spacial score (nSPS) is 28.3. The van der Waals surface area contributed by atoms with Crippen LogP contribution in [0.5, 0.6) is 5.75 Å². The number of aromatic nitrogens is 1. The topological polar surface area (TPSA) is 135 Å². The van der Waals surface area contributed by atoms with Crippen LogP contribution in [0, 0.1) is 29.6 Å². The average molecular weight is 620 g/mol. The van der Waals surface area contributed by atoms with Crippen LogP contribution < -0.4 is 14.9 Å². The molecule has 7 atom stereocenters. The molecule has 0 radical (unpaired) electrons. The van der Waals surface area contributed by atoms with Gasteiger partial charge in [-0.25, -0.2) is 4.79 Å². The zero-order valence-electron chi connectivity index (χ0n) is 23.4. The maximum Gasteiger partial charge on any atom is 0.338 e. The number of thiazole rings is 1. The quantitative estimate of drug-likeness (QED) is 0.302. The van der Waals surface area contributed by atoms with Crippen molar-refractivity contribution in [3.05, 3.63) is 74.2 Å². The van der Waals surface area contributed by atoms with Crippen LogP contribution >= 0.6 is 23.1 Å². The Bertz CT molecular complexity index is 1680. The third-order valence-electron chi connectivity index (χ3n) is 9.27.